The van der Waals surface area contributed by atoms with Gasteiger partial charge in [0, 0.05) is 17.0 Å². The number of aryl methyl sites for hydroxylation is 2. The monoisotopic (exact) mass is 234 g/mol. The molecule has 0 bridgehead atoms. The molecule has 0 saturated carbocycles. The number of furan rings is 1. The molecule has 1 aromatic heterocycles. The van der Waals surface area contributed by atoms with Crippen LogP contribution in [0.2, 0.25) is 5.02 Å². The maximum atomic E-state index is 6.09. The molecule has 0 N–H and O–H groups in total. The van der Waals surface area contributed by atoms with E-state index in [1.807, 2.05) is 37.3 Å². The zero-order valence-electron chi connectivity index (χ0n) is 9.59. The lowest BCUT2D eigenvalue weighted by Gasteiger charge is -2.01. The van der Waals surface area contributed by atoms with Crippen molar-refractivity contribution in [2.75, 3.05) is 0 Å². The highest BCUT2D eigenvalue weighted by Crippen LogP contribution is 2.27. The molecular formula is C14H15ClO. The molecule has 16 heavy (non-hydrogen) atoms. The van der Waals surface area contributed by atoms with Crippen molar-refractivity contribution in [3.63, 3.8) is 0 Å². The summed E-state index contributed by atoms with van der Waals surface area (Å²) in [7, 11) is 0. The third kappa shape index (κ3) is 2.30. The van der Waals surface area contributed by atoms with E-state index in [1.54, 1.807) is 0 Å². The van der Waals surface area contributed by atoms with E-state index in [0.717, 1.165) is 40.5 Å². The van der Waals surface area contributed by atoms with Gasteiger partial charge in [-0.05, 0) is 37.1 Å². The Kier molecular flexibility index (Phi) is 3.35. The number of hydrogen-bond donors (Lipinski definition) is 0. The van der Waals surface area contributed by atoms with Crippen LogP contribution in [0.5, 0.6) is 0 Å². The molecule has 0 radical (unpaired) electrons. The standard InChI is InChI=1S/C14H15ClO/c1-3-4-12-7-8-14(16-12)11-6-5-10(2)13(15)9-11/h5-9H,3-4H2,1-2H3. The SMILES string of the molecule is CCCc1ccc(-c2ccc(C)c(Cl)c2)o1. The molecule has 0 aliphatic heterocycles. The van der Waals surface area contributed by atoms with E-state index < -0.39 is 0 Å². The van der Waals surface area contributed by atoms with E-state index in [2.05, 4.69) is 6.92 Å². The summed E-state index contributed by atoms with van der Waals surface area (Å²) in [6, 6.07) is 10.0. The first-order chi connectivity index (χ1) is 7.70. The van der Waals surface area contributed by atoms with Crippen molar-refractivity contribution in [3.05, 3.63) is 46.7 Å². The average molecular weight is 235 g/mol. The van der Waals surface area contributed by atoms with Gasteiger partial charge in [0.05, 0.1) is 0 Å². The zero-order chi connectivity index (χ0) is 11.5. The fraction of sp³-hybridized carbons (Fsp3) is 0.286. The molecule has 1 heterocycles. The third-order valence-electron chi connectivity index (χ3n) is 2.61. The fourth-order valence-electron chi connectivity index (χ4n) is 1.66. The van der Waals surface area contributed by atoms with Crippen LogP contribution >= 0.6 is 11.6 Å². The first-order valence-electron chi connectivity index (χ1n) is 5.56. The first kappa shape index (κ1) is 11.3. The summed E-state index contributed by atoms with van der Waals surface area (Å²) in [5.74, 6) is 1.93. The van der Waals surface area contributed by atoms with Gasteiger partial charge in [0.2, 0.25) is 0 Å². The Hall–Kier alpha value is -1.21. The van der Waals surface area contributed by atoms with Crippen molar-refractivity contribution in [2.45, 2.75) is 26.7 Å². The lowest BCUT2D eigenvalue weighted by atomic mass is 10.1. The van der Waals surface area contributed by atoms with E-state index >= 15 is 0 Å². The molecule has 2 rings (SSSR count). The lowest BCUT2D eigenvalue weighted by molar-refractivity contribution is 0.519. The quantitative estimate of drug-likeness (QED) is 0.739. The summed E-state index contributed by atoms with van der Waals surface area (Å²) in [6.45, 7) is 4.14. The summed E-state index contributed by atoms with van der Waals surface area (Å²) in [5, 5.41) is 0.783. The molecule has 2 heteroatoms. The normalized spacial score (nSPS) is 10.7. The maximum absolute atomic E-state index is 6.09. The number of halogens is 1. The Morgan fingerprint density at radius 2 is 2.00 bits per heavy atom. The summed E-state index contributed by atoms with van der Waals surface area (Å²) >= 11 is 6.09. The Morgan fingerprint density at radius 1 is 1.19 bits per heavy atom. The van der Waals surface area contributed by atoms with Crippen LogP contribution < -0.4 is 0 Å². The molecule has 84 valence electrons. The topological polar surface area (TPSA) is 13.1 Å². The first-order valence-corrected chi connectivity index (χ1v) is 5.93. The number of benzene rings is 1. The number of hydrogen-bond acceptors (Lipinski definition) is 1. The number of rotatable bonds is 3. The van der Waals surface area contributed by atoms with Crippen molar-refractivity contribution < 1.29 is 4.42 Å². The predicted octanol–water partition coefficient (Wildman–Crippen LogP) is 4.86. The van der Waals surface area contributed by atoms with Crippen molar-refractivity contribution in [2.24, 2.45) is 0 Å². The Morgan fingerprint density at radius 3 is 2.69 bits per heavy atom. The van der Waals surface area contributed by atoms with Gasteiger partial charge in [-0.2, -0.15) is 0 Å². The smallest absolute Gasteiger partial charge is 0.134 e. The largest absolute Gasteiger partial charge is 0.461 e. The summed E-state index contributed by atoms with van der Waals surface area (Å²) in [4.78, 5) is 0. The molecule has 0 aliphatic carbocycles. The highest BCUT2D eigenvalue weighted by molar-refractivity contribution is 6.31. The van der Waals surface area contributed by atoms with E-state index in [0.29, 0.717) is 0 Å². The van der Waals surface area contributed by atoms with Crippen LogP contribution in [0, 0.1) is 6.92 Å². The van der Waals surface area contributed by atoms with Crippen LogP contribution in [-0.4, -0.2) is 0 Å². The average Bonchev–Trinajstić information content (AvgIpc) is 2.71. The van der Waals surface area contributed by atoms with E-state index in [-0.39, 0.29) is 0 Å². The van der Waals surface area contributed by atoms with E-state index in [1.165, 1.54) is 0 Å². The maximum Gasteiger partial charge on any atom is 0.134 e. The van der Waals surface area contributed by atoms with Crippen molar-refractivity contribution in [1.82, 2.24) is 0 Å². The van der Waals surface area contributed by atoms with Crippen molar-refractivity contribution >= 4 is 11.6 Å². The Labute approximate surface area is 101 Å². The van der Waals surface area contributed by atoms with Gasteiger partial charge in [0.25, 0.3) is 0 Å². The van der Waals surface area contributed by atoms with Crippen LogP contribution in [-0.2, 0) is 6.42 Å². The van der Waals surface area contributed by atoms with E-state index in [4.69, 9.17) is 16.0 Å². The van der Waals surface area contributed by atoms with Crippen LogP contribution in [0.3, 0.4) is 0 Å². The molecule has 0 amide bonds. The molecule has 0 fully saturated rings. The van der Waals surface area contributed by atoms with Gasteiger partial charge < -0.3 is 4.42 Å². The molecule has 0 unspecified atom stereocenters. The van der Waals surface area contributed by atoms with Crippen LogP contribution in [0.15, 0.2) is 34.7 Å². The lowest BCUT2D eigenvalue weighted by Crippen LogP contribution is -1.79. The van der Waals surface area contributed by atoms with Gasteiger partial charge in [-0.3, -0.25) is 0 Å². The Balaban J connectivity index is 2.31. The molecular weight excluding hydrogens is 220 g/mol. The highest BCUT2D eigenvalue weighted by Gasteiger charge is 2.05. The minimum atomic E-state index is 0.783. The van der Waals surface area contributed by atoms with Gasteiger partial charge in [0.15, 0.2) is 0 Å². The van der Waals surface area contributed by atoms with Gasteiger partial charge in [-0.25, -0.2) is 0 Å². The second-order valence-electron chi connectivity index (χ2n) is 3.98. The van der Waals surface area contributed by atoms with Gasteiger partial charge in [-0.1, -0.05) is 30.7 Å². The van der Waals surface area contributed by atoms with Crippen LogP contribution in [0.4, 0.5) is 0 Å². The fourth-order valence-corrected chi connectivity index (χ4v) is 1.84. The zero-order valence-corrected chi connectivity index (χ0v) is 10.3. The summed E-state index contributed by atoms with van der Waals surface area (Å²) in [6.07, 6.45) is 2.08. The van der Waals surface area contributed by atoms with Gasteiger partial charge in [0.1, 0.15) is 11.5 Å². The van der Waals surface area contributed by atoms with Gasteiger partial charge in [-0.15, -0.1) is 0 Å². The minimum absolute atomic E-state index is 0.783. The molecule has 0 saturated heterocycles. The second-order valence-corrected chi connectivity index (χ2v) is 4.39. The Bertz CT molecular complexity index is 485. The van der Waals surface area contributed by atoms with Crippen molar-refractivity contribution in [3.8, 4) is 11.3 Å². The molecule has 0 atom stereocenters. The summed E-state index contributed by atoms with van der Waals surface area (Å²) in [5.41, 5.74) is 2.13. The third-order valence-corrected chi connectivity index (χ3v) is 3.02. The predicted molar refractivity (Wildman–Crippen MR) is 67.9 cm³/mol. The summed E-state index contributed by atoms with van der Waals surface area (Å²) < 4.78 is 5.75. The molecule has 0 spiro atoms. The molecule has 1 nitrogen and oxygen atoms in total. The highest BCUT2D eigenvalue weighted by atomic mass is 35.5. The van der Waals surface area contributed by atoms with Crippen LogP contribution in [0.1, 0.15) is 24.7 Å². The minimum Gasteiger partial charge on any atom is -0.461 e. The van der Waals surface area contributed by atoms with Crippen molar-refractivity contribution in [1.29, 1.82) is 0 Å². The second kappa shape index (κ2) is 4.75. The van der Waals surface area contributed by atoms with Gasteiger partial charge >= 0.3 is 0 Å². The molecule has 0 aliphatic rings. The van der Waals surface area contributed by atoms with Crippen LogP contribution in [0.25, 0.3) is 11.3 Å². The van der Waals surface area contributed by atoms with E-state index in [9.17, 15) is 0 Å². The molecule has 2 aromatic rings. The molecule has 1 aromatic carbocycles.